The number of hydrogen-bond donors (Lipinski definition) is 1. The van der Waals surface area contributed by atoms with E-state index in [0.717, 1.165) is 11.1 Å². The maximum absolute atomic E-state index is 11.0. The number of carboxylic acids is 1. The SMILES string of the molecule is O=C(O)c1cccc(C=Cc2cccc3ccccc23)c1. The first-order chi connectivity index (χ1) is 10.2. The van der Waals surface area contributed by atoms with Crippen molar-refractivity contribution in [2.45, 2.75) is 0 Å². The molecule has 1 N–H and O–H groups in total. The minimum atomic E-state index is -0.907. The zero-order valence-electron chi connectivity index (χ0n) is 11.4. The van der Waals surface area contributed by atoms with E-state index in [1.54, 1.807) is 18.2 Å². The predicted molar refractivity (Wildman–Crippen MR) is 86.3 cm³/mol. The predicted octanol–water partition coefficient (Wildman–Crippen LogP) is 4.71. The van der Waals surface area contributed by atoms with Gasteiger partial charge in [-0.3, -0.25) is 0 Å². The Hall–Kier alpha value is -2.87. The molecular formula is C19H14O2. The van der Waals surface area contributed by atoms with Crippen molar-refractivity contribution in [1.82, 2.24) is 0 Å². The summed E-state index contributed by atoms with van der Waals surface area (Å²) >= 11 is 0. The third kappa shape index (κ3) is 2.84. The molecule has 0 bridgehead atoms. The van der Waals surface area contributed by atoms with Crippen molar-refractivity contribution < 1.29 is 9.90 Å². The molecule has 0 atom stereocenters. The largest absolute Gasteiger partial charge is 0.478 e. The van der Waals surface area contributed by atoms with Crippen LogP contribution in [0, 0.1) is 0 Å². The zero-order chi connectivity index (χ0) is 14.7. The zero-order valence-corrected chi connectivity index (χ0v) is 11.4. The van der Waals surface area contributed by atoms with Crippen LogP contribution >= 0.6 is 0 Å². The molecule has 0 unspecified atom stereocenters. The first kappa shape index (κ1) is 13.1. The van der Waals surface area contributed by atoms with Crippen molar-refractivity contribution >= 4 is 28.9 Å². The molecule has 0 aromatic heterocycles. The van der Waals surface area contributed by atoms with E-state index in [4.69, 9.17) is 5.11 Å². The Morgan fingerprint density at radius 2 is 1.62 bits per heavy atom. The monoisotopic (exact) mass is 274 g/mol. The van der Waals surface area contributed by atoms with Gasteiger partial charge in [-0.25, -0.2) is 4.79 Å². The summed E-state index contributed by atoms with van der Waals surface area (Å²) in [4.78, 5) is 11.0. The van der Waals surface area contributed by atoms with Gasteiger partial charge in [-0.2, -0.15) is 0 Å². The van der Waals surface area contributed by atoms with Crippen LogP contribution in [0.3, 0.4) is 0 Å². The third-order valence-electron chi connectivity index (χ3n) is 3.41. The summed E-state index contributed by atoms with van der Waals surface area (Å²) in [6.07, 6.45) is 3.96. The van der Waals surface area contributed by atoms with Crippen LogP contribution in [0.1, 0.15) is 21.5 Å². The summed E-state index contributed by atoms with van der Waals surface area (Å²) in [5, 5.41) is 11.4. The Balaban J connectivity index is 1.98. The molecular weight excluding hydrogens is 260 g/mol. The van der Waals surface area contributed by atoms with Crippen LogP contribution in [0.4, 0.5) is 0 Å². The van der Waals surface area contributed by atoms with Gasteiger partial charge in [0.2, 0.25) is 0 Å². The van der Waals surface area contributed by atoms with E-state index < -0.39 is 5.97 Å². The molecule has 2 nitrogen and oxygen atoms in total. The third-order valence-corrected chi connectivity index (χ3v) is 3.41. The van der Waals surface area contributed by atoms with Crippen molar-refractivity contribution in [2.75, 3.05) is 0 Å². The molecule has 0 saturated carbocycles. The van der Waals surface area contributed by atoms with Crippen LogP contribution in [0.15, 0.2) is 66.7 Å². The first-order valence-corrected chi connectivity index (χ1v) is 6.73. The van der Waals surface area contributed by atoms with Gasteiger partial charge in [0, 0.05) is 0 Å². The molecule has 21 heavy (non-hydrogen) atoms. The average molecular weight is 274 g/mol. The Morgan fingerprint density at radius 3 is 2.48 bits per heavy atom. The summed E-state index contributed by atoms with van der Waals surface area (Å²) in [6, 6.07) is 21.3. The van der Waals surface area contributed by atoms with Gasteiger partial charge in [0.25, 0.3) is 0 Å². The molecule has 0 amide bonds. The summed E-state index contributed by atoms with van der Waals surface area (Å²) in [7, 11) is 0. The van der Waals surface area contributed by atoms with Gasteiger partial charge in [-0.05, 0) is 34.0 Å². The second kappa shape index (κ2) is 5.63. The van der Waals surface area contributed by atoms with Crippen LogP contribution in [-0.4, -0.2) is 11.1 Å². The second-order valence-corrected chi connectivity index (χ2v) is 4.83. The lowest BCUT2D eigenvalue weighted by Gasteiger charge is -2.02. The van der Waals surface area contributed by atoms with Crippen molar-refractivity contribution in [3.05, 3.63) is 83.4 Å². The molecule has 102 valence electrons. The van der Waals surface area contributed by atoms with Gasteiger partial charge < -0.3 is 5.11 Å². The van der Waals surface area contributed by atoms with Gasteiger partial charge >= 0.3 is 5.97 Å². The highest BCUT2D eigenvalue weighted by Crippen LogP contribution is 2.20. The summed E-state index contributed by atoms with van der Waals surface area (Å²) in [5.41, 5.74) is 2.30. The molecule has 3 aromatic rings. The fourth-order valence-electron chi connectivity index (χ4n) is 2.36. The standard InChI is InChI=1S/C19H14O2/c20-19(21)17-9-3-5-14(13-17)11-12-16-8-4-7-15-6-1-2-10-18(15)16/h1-13H,(H,20,21). The normalized spacial score (nSPS) is 11.0. The quantitative estimate of drug-likeness (QED) is 0.702. The Bertz CT molecular complexity index is 826. The number of benzene rings is 3. The van der Waals surface area contributed by atoms with E-state index in [1.165, 1.54) is 10.8 Å². The van der Waals surface area contributed by atoms with E-state index in [0.29, 0.717) is 5.56 Å². The van der Waals surface area contributed by atoms with E-state index in [2.05, 4.69) is 24.3 Å². The minimum Gasteiger partial charge on any atom is -0.478 e. The molecule has 0 heterocycles. The maximum atomic E-state index is 11.0. The maximum Gasteiger partial charge on any atom is 0.335 e. The average Bonchev–Trinajstić information content (AvgIpc) is 2.53. The van der Waals surface area contributed by atoms with Crippen molar-refractivity contribution in [2.24, 2.45) is 0 Å². The topological polar surface area (TPSA) is 37.3 Å². The highest BCUT2D eigenvalue weighted by molar-refractivity contribution is 5.93. The molecule has 2 heteroatoms. The fraction of sp³-hybridized carbons (Fsp3) is 0. The molecule has 0 fully saturated rings. The lowest BCUT2D eigenvalue weighted by Crippen LogP contribution is -1.95. The van der Waals surface area contributed by atoms with E-state index in [-0.39, 0.29) is 0 Å². The minimum absolute atomic E-state index is 0.301. The summed E-state index contributed by atoms with van der Waals surface area (Å²) in [5.74, 6) is -0.907. The van der Waals surface area contributed by atoms with E-state index >= 15 is 0 Å². The summed E-state index contributed by atoms with van der Waals surface area (Å²) in [6.45, 7) is 0. The van der Waals surface area contributed by atoms with Gasteiger partial charge in [0.15, 0.2) is 0 Å². The van der Waals surface area contributed by atoms with Crippen LogP contribution in [-0.2, 0) is 0 Å². The van der Waals surface area contributed by atoms with Crippen LogP contribution in [0.2, 0.25) is 0 Å². The smallest absolute Gasteiger partial charge is 0.335 e. The number of hydrogen-bond acceptors (Lipinski definition) is 1. The molecule has 0 spiro atoms. The van der Waals surface area contributed by atoms with Gasteiger partial charge in [-0.15, -0.1) is 0 Å². The van der Waals surface area contributed by atoms with E-state index in [9.17, 15) is 4.79 Å². The van der Waals surface area contributed by atoms with Gasteiger partial charge in [0.1, 0.15) is 0 Å². The van der Waals surface area contributed by atoms with Crippen molar-refractivity contribution in [3.8, 4) is 0 Å². The Morgan fingerprint density at radius 1 is 0.857 bits per heavy atom. The number of aromatic carboxylic acids is 1. The molecule has 0 saturated heterocycles. The van der Waals surface area contributed by atoms with Crippen LogP contribution < -0.4 is 0 Å². The first-order valence-electron chi connectivity index (χ1n) is 6.73. The van der Waals surface area contributed by atoms with Crippen molar-refractivity contribution in [1.29, 1.82) is 0 Å². The van der Waals surface area contributed by atoms with Crippen LogP contribution in [0.25, 0.3) is 22.9 Å². The lowest BCUT2D eigenvalue weighted by molar-refractivity contribution is 0.0697. The van der Waals surface area contributed by atoms with Gasteiger partial charge in [-0.1, -0.05) is 66.7 Å². The molecule has 0 aliphatic heterocycles. The fourth-order valence-corrected chi connectivity index (χ4v) is 2.36. The van der Waals surface area contributed by atoms with Gasteiger partial charge in [0.05, 0.1) is 5.56 Å². The number of rotatable bonds is 3. The second-order valence-electron chi connectivity index (χ2n) is 4.83. The summed E-state index contributed by atoms with van der Waals surface area (Å²) < 4.78 is 0. The number of carboxylic acid groups (broad SMARTS) is 1. The molecule has 0 radical (unpaired) electrons. The molecule has 3 rings (SSSR count). The number of fused-ring (bicyclic) bond motifs is 1. The highest BCUT2D eigenvalue weighted by atomic mass is 16.4. The lowest BCUT2D eigenvalue weighted by atomic mass is 10.0. The number of carbonyl (C=O) groups is 1. The molecule has 0 aliphatic rings. The highest BCUT2D eigenvalue weighted by Gasteiger charge is 2.01. The van der Waals surface area contributed by atoms with Crippen molar-refractivity contribution in [3.63, 3.8) is 0 Å². The molecule has 0 aliphatic carbocycles. The Labute approximate surface area is 123 Å². The molecule has 3 aromatic carbocycles. The van der Waals surface area contributed by atoms with E-state index in [1.807, 2.05) is 36.4 Å². The van der Waals surface area contributed by atoms with Crippen LogP contribution in [0.5, 0.6) is 0 Å². The Kier molecular flexibility index (Phi) is 3.52.